The molecule has 8 heteroatoms. The first kappa shape index (κ1) is 22.9. The number of ether oxygens (including phenoxy) is 2. The number of hydrogen-bond donors (Lipinski definition) is 1. The number of aromatic carboxylic acids is 1. The Morgan fingerprint density at radius 3 is 2.11 bits per heavy atom. The van der Waals surface area contributed by atoms with Gasteiger partial charge in [-0.15, -0.1) is 0 Å². The van der Waals surface area contributed by atoms with Crippen molar-refractivity contribution in [2.45, 2.75) is 13.2 Å². The first-order valence-corrected chi connectivity index (χ1v) is 11.3. The van der Waals surface area contributed by atoms with Crippen molar-refractivity contribution < 1.29 is 19.4 Å². The first-order chi connectivity index (χ1) is 17.5. The van der Waals surface area contributed by atoms with E-state index in [1.165, 1.54) is 15.2 Å². The van der Waals surface area contributed by atoms with Gasteiger partial charge in [0.25, 0.3) is 0 Å². The third-order valence-corrected chi connectivity index (χ3v) is 5.80. The van der Waals surface area contributed by atoms with Gasteiger partial charge in [-0.25, -0.2) is 9.59 Å². The molecule has 2 aromatic heterocycles. The molecule has 0 bridgehead atoms. The van der Waals surface area contributed by atoms with Crippen LogP contribution in [0.3, 0.4) is 0 Å². The molecule has 0 aliphatic carbocycles. The molecule has 0 saturated carbocycles. The second-order valence-electron chi connectivity index (χ2n) is 8.18. The van der Waals surface area contributed by atoms with Crippen LogP contribution in [-0.2, 0) is 20.3 Å². The van der Waals surface area contributed by atoms with Crippen LogP contribution in [0, 0.1) is 0 Å². The summed E-state index contributed by atoms with van der Waals surface area (Å²) >= 11 is 0. The van der Waals surface area contributed by atoms with Gasteiger partial charge in [0.15, 0.2) is 0 Å². The van der Waals surface area contributed by atoms with Crippen LogP contribution < -0.4 is 15.2 Å². The molecule has 36 heavy (non-hydrogen) atoms. The minimum Gasteiger partial charge on any atom is -0.478 e. The topological polar surface area (TPSA) is 95.6 Å². The predicted octanol–water partition coefficient (Wildman–Crippen LogP) is 4.58. The number of carboxylic acid groups (broad SMARTS) is 1. The van der Waals surface area contributed by atoms with Crippen molar-refractivity contribution in [3.63, 3.8) is 0 Å². The molecular weight excluding hydrogens is 458 g/mol. The second-order valence-corrected chi connectivity index (χ2v) is 8.18. The fraction of sp³-hybridized carbons (Fsp3) is 0.107. The van der Waals surface area contributed by atoms with E-state index in [-0.39, 0.29) is 18.1 Å². The summed E-state index contributed by atoms with van der Waals surface area (Å²) < 4.78 is 14.7. The Morgan fingerprint density at radius 2 is 1.47 bits per heavy atom. The molecule has 0 unspecified atom stereocenters. The summed E-state index contributed by atoms with van der Waals surface area (Å²) in [6.07, 6.45) is 0. The molecule has 0 fully saturated rings. The van der Waals surface area contributed by atoms with Crippen molar-refractivity contribution in [3.05, 3.63) is 118 Å². The summed E-state index contributed by atoms with van der Waals surface area (Å²) in [5.41, 5.74) is 2.67. The lowest BCUT2D eigenvalue weighted by molar-refractivity contribution is 0.0698. The third kappa shape index (κ3) is 4.44. The van der Waals surface area contributed by atoms with Gasteiger partial charge in [0.1, 0.15) is 18.9 Å². The molecule has 8 nitrogen and oxygen atoms in total. The maximum Gasteiger partial charge on any atom is 0.337 e. The van der Waals surface area contributed by atoms with Gasteiger partial charge in [0.05, 0.1) is 16.6 Å². The fourth-order valence-electron chi connectivity index (χ4n) is 4.05. The van der Waals surface area contributed by atoms with Crippen molar-refractivity contribution in [2.75, 3.05) is 0 Å². The smallest absolute Gasteiger partial charge is 0.337 e. The molecule has 0 radical (unpaired) electrons. The molecular formula is C28H23N3O5. The number of para-hydroxylation sites is 1. The number of fused-ring (bicyclic) bond motifs is 1. The Kier molecular flexibility index (Phi) is 6.23. The van der Waals surface area contributed by atoms with Crippen molar-refractivity contribution in [1.29, 1.82) is 0 Å². The Balaban J connectivity index is 1.59. The van der Waals surface area contributed by atoms with Crippen LogP contribution in [0.1, 0.15) is 21.5 Å². The van der Waals surface area contributed by atoms with Crippen molar-refractivity contribution in [1.82, 2.24) is 14.1 Å². The normalized spacial score (nSPS) is 10.9. The number of carbonyl (C=O) groups is 1. The van der Waals surface area contributed by atoms with Crippen LogP contribution in [0.2, 0.25) is 0 Å². The molecule has 0 aliphatic rings. The lowest BCUT2D eigenvalue weighted by Gasteiger charge is -2.14. The molecule has 0 amide bonds. The molecule has 5 aromatic rings. The molecule has 1 N–H and O–H groups in total. The molecule has 0 aliphatic heterocycles. The number of benzene rings is 3. The number of rotatable bonds is 8. The fourth-order valence-corrected chi connectivity index (χ4v) is 4.05. The van der Waals surface area contributed by atoms with Crippen molar-refractivity contribution in [3.8, 4) is 17.4 Å². The number of nitrogens with zero attached hydrogens (tertiary/aromatic N) is 3. The second kappa shape index (κ2) is 9.79. The summed E-state index contributed by atoms with van der Waals surface area (Å²) in [6.45, 7) is 0.546. The zero-order valence-electron chi connectivity index (χ0n) is 19.5. The average Bonchev–Trinajstić information content (AvgIpc) is 3.17. The number of hydrogen-bond acceptors (Lipinski definition) is 5. The minimum atomic E-state index is -1.11. The van der Waals surface area contributed by atoms with E-state index < -0.39 is 11.7 Å². The molecule has 0 saturated heterocycles. The molecule has 3 aromatic carbocycles. The molecule has 0 spiro atoms. The van der Waals surface area contributed by atoms with Crippen LogP contribution in [-0.4, -0.2) is 25.2 Å². The van der Waals surface area contributed by atoms with E-state index in [2.05, 4.69) is 4.98 Å². The number of imidazole rings is 1. The minimum absolute atomic E-state index is 0.0355. The van der Waals surface area contributed by atoms with Crippen LogP contribution in [0.25, 0.3) is 16.7 Å². The van der Waals surface area contributed by atoms with Gasteiger partial charge in [-0.2, -0.15) is 4.98 Å². The van der Waals surface area contributed by atoms with E-state index >= 15 is 0 Å². The Bertz CT molecular complexity index is 1590. The summed E-state index contributed by atoms with van der Waals surface area (Å²) in [7, 11) is 1.54. The summed E-state index contributed by atoms with van der Waals surface area (Å²) in [5.74, 6) is -0.582. The van der Waals surface area contributed by atoms with Crippen molar-refractivity contribution >= 4 is 17.0 Å². The number of pyridine rings is 1. The van der Waals surface area contributed by atoms with Crippen LogP contribution in [0.5, 0.6) is 11.8 Å². The SMILES string of the molecule is Cn1c(=O)n(-c2ccc(OCc3ccccc3)nc2OCc2ccccc2)c2cccc(C(=O)O)c21. The van der Waals surface area contributed by atoms with Crippen LogP contribution >= 0.6 is 0 Å². The van der Waals surface area contributed by atoms with E-state index in [0.29, 0.717) is 29.2 Å². The van der Waals surface area contributed by atoms with Crippen molar-refractivity contribution in [2.24, 2.45) is 7.05 Å². The molecule has 2 heterocycles. The molecule has 5 rings (SSSR count). The van der Waals surface area contributed by atoms with Gasteiger partial charge in [0.2, 0.25) is 11.8 Å². The van der Waals surface area contributed by atoms with Gasteiger partial charge in [-0.3, -0.25) is 9.13 Å². The van der Waals surface area contributed by atoms with E-state index in [1.54, 1.807) is 31.3 Å². The lowest BCUT2D eigenvalue weighted by atomic mass is 10.2. The standard InChI is InChI=1S/C28H23N3O5/c1-30-25-21(27(32)33)13-8-14-22(25)31(28(30)34)23-15-16-24(35-17-19-9-4-2-5-10-19)29-26(23)36-18-20-11-6-3-7-12-20/h2-16H,17-18H2,1H3,(H,32,33). The third-order valence-electron chi connectivity index (χ3n) is 5.80. The zero-order chi connectivity index (χ0) is 25.1. The predicted molar refractivity (Wildman–Crippen MR) is 135 cm³/mol. The van der Waals surface area contributed by atoms with Gasteiger partial charge in [-0.1, -0.05) is 66.7 Å². The van der Waals surface area contributed by atoms with E-state index in [4.69, 9.17) is 9.47 Å². The molecule has 180 valence electrons. The zero-order valence-corrected chi connectivity index (χ0v) is 19.5. The van der Waals surface area contributed by atoms with Gasteiger partial charge in [-0.05, 0) is 29.3 Å². The number of aryl methyl sites for hydroxylation is 1. The first-order valence-electron chi connectivity index (χ1n) is 11.3. The summed E-state index contributed by atoms with van der Waals surface area (Å²) in [5, 5.41) is 9.65. The highest BCUT2D eigenvalue weighted by atomic mass is 16.5. The highest BCUT2D eigenvalue weighted by Crippen LogP contribution is 2.28. The Morgan fingerprint density at radius 1 is 0.833 bits per heavy atom. The largest absolute Gasteiger partial charge is 0.478 e. The average molecular weight is 482 g/mol. The number of aromatic nitrogens is 3. The summed E-state index contributed by atoms with van der Waals surface area (Å²) in [6, 6.07) is 27.5. The van der Waals surface area contributed by atoms with Crippen LogP contribution in [0.4, 0.5) is 0 Å². The monoisotopic (exact) mass is 481 g/mol. The van der Waals surface area contributed by atoms with Gasteiger partial charge >= 0.3 is 11.7 Å². The summed E-state index contributed by atoms with van der Waals surface area (Å²) in [4.78, 5) is 29.7. The Hall–Kier alpha value is -4.85. The maximum atomic E-state index is 13.3. The maximum absolute atomic E-state index is 13.3. The number of carboxylic acids is 1. The van der Waals surface area contributed by atoms with E-state index in [9.17, 15) is 14.7 Å². The quantitative estimate of drug-likeness (QED) is 0.349. The van der Waals surface area contributed by atoms with Gasteiger partial charge in [0, 0.05) is 13.1 Å². The lowest BCUT2D eigenvalue weighted by Crippen LogP contribution is -2.22. The highest BCUT2D eigenvalue weighted by molar-refractivity contribution is 6.01. The van der Waals surface area contributed by atoms with Crippen LogP contribution in [0.15, 0.2) is 95.8 Å². The highest BCUT2D eigenvalue weighted by Gasteiger charge is 2.21. The van der Waals surface area contributed by atoms with E-state index in [1.807, 2.05) is 60.7 Å². The Labute approximate surface area is 206 Å². The van der Waals surface area contributed by atoms with E-state index in [0.717, 1.165) is 11.1 Å². The van der Waals surface area contributed by atoms with Gasteiger partial charge < -0.3 is 14.6 Å². The molecule has 0 atom stereocenters.